The number of carbonyl (C=O) groups excluding carboxylic acids is 1. The van der Waals surface area contributed by atoms with Crippen LogP contribution < -0.4 is 5.73 Å². The summed E-state index contributed by atoms with van der Waals surface area (Å²) in [5.74, 6) is -0.125. The largest absolute Gasteiger partial charge is 0.389 e. The molecular weight excluding hydrogens is 296 g/mol. The first-order chi connectivity index (χ1) is 9.30. The van der Waals surface area contributed by atoms with Gasteiger partial charge in [0.25, 0.3) is 5.91 Å². The van der Waals surface area contributed by atoms with E-state index in [0.29, 0.717) is 11.1 Å². The molecule has 2 rings (SSSR count). The zero-order valence-corrected chi connectivity index (χ0v) is 12.7. The van der Waals surface area contributed by atoms with Crippen molar-refractivity contribution in [3.8, 4) is 0 Å². The van der Waals surface area contributed by atoms with Crippen LogP contribution in [0.1, 0.15) is 22.8 Å². The highest BCUT2D eigenvalue weighted by molar-refractivity contribution is 7.91. The molecule has 1 unspecified atom stereocenters. The summed E-state index contributed by atoms with van der Waals surface area (Å²) in [7, 11) is -3.03. The Kier molecular flexibility index (Phi) is 4.10. The molecule has 0 aromatic heterocycles. The highest BCUT2D eigenvalue weighted by Crippen LogP contribution is 2.16. The molecule has 5 nitrogen and oxygen atoms in total. The number of amides is 1. The smallest absolute Gasteiger partial charge is 0.254 e. The van der Waals surface area contributed by atoms with Crippen LogP contribution >= 0.6 is 12.2 Å². The number of nitrogens with zero attached hydrogens (tertiary/aromatic N) is 1. The number of thiocarbonyl (C=S) groups is 1. The van der Waals surface area contributed by atoms with Gasteiger partial charge in [0.05, 0.1) is 11.5 Å². The summed E-state index contributed by atoms with van der Waals surface area (Å²) < 4.78 is 23.0. The maximum atomic E-state index is 12.4. The summed E-state index contributed by atoms with van der Waals surface area (Å²) >= 11 is 4.86. The van der Waals surface area contributed by atoms with Crippen molar-refractivity contribution in [1.82, 2.24) is 4.90 Å². The first kappa shape index (κ1) is 14.9. The molecule has 1 atom stereocenters. The Bertz CT molecular complexity index is 638. The van der Waals surface area contributed by atoms with Crippen LogP contribution in [0.25, 0.3) is 0 Å². The van der Waals surface area contributed by atoms with Gasteiger partial charge in [0.15, 0.2) is 9.84 Å². The van der Waals surface area contributed by atoms with Gasteiger partial charge in [0.1, 0.15) is 4.99 Å². The van der Waals surface area contributed by atoms with E-state index in [9.17, 15) is 13.2 Å². The van der Waals surface area contributed by atoms with Crippen LogP contribution in [-0.2, 0) is 9.84 Å². The van der Waals surface area contributed by atoms with Gasteiger partial charge < -0.3 is 10.6 Å². The van der Waals surface area contributed by atoms with E-state index in [-0.39, 0.29) is 35.0 Å². The minimum atomic E-state index is -3.03. The van der Waals surface area contributed by atoms with Crippen molar-refractivity contribution in [3.05, 3.63) is 35.4 Å². The summed E-state index contributed by atoms with van der Waals surface area (Å²) in [4.78, 5) is 14.2. The number of carbonyl (C=O) groups is 1. The molecule has 0 saturated carbocycles. The van der Waals surface area contributed by atoms with Gasteiger partial charge in [0, 0.05) is 23.7 Å². The number of benzene rings is 1. The quantitative estimate of drug-likeness (QED) is 0.808. The molecule has 1 heterocycles. The van der Waals surface area contributed by atoms with Gasteiger partial charge in [-0.15, -0.1) is 0 Å². The SMILES string of the molecule is CC1CS(=O)(=O)CCN1C(=O)c1ccc(C(N)=S)cc1. The van der Waals surface area contributed by atoms with Gasteiger partial charge in [-0.05, 0) is 19.1 Å². The van der Waals surface area contributed by atoms with Gasteiger partial charge in [-0.1, -0.05) is 24.4 Å². The number of hydrogen-bond donors (Lipinski definition) is 1. The first-order valence-electron chi connectivity index (χ1n) is 6.21. The Labute approximate surface area is 123 Å². The molecule has 1 saturated heterocycles. The van der Waals surface area contributed by atoms with E-state index in [2.05, 4.69) is 0 Å². The standard InChI is InChI=1S/C13H16N2O3S2/c1-9-8-20(17,18)7-6-15(9)13(16)11-4-2-10(3-5-11)12(14)19/h2-5,9H,6-8H2,1H3,(H2,14,19). The minimum Gasteiger partial charge on any atom is -0.389 e. The van der Waals surface area contributed by atoms with Crippen molar-refractivity contribution in [1.29, 1.82) is 0 Å². The molecular formula is C13H16N2O3S2. The fraction of sp³-hybridized carbons (Fsp3) is 0.385. The van der Waals surface area contributed by atoms with Crippen molar-refractivity contribution in [2.75, 3.05) is 18.1 Å². The van der Waals surface area contributed by atoms with E-state index in [4.69, 9.17) is 18.0 Å². The zero-order chi connectivity index (χ0) is 14.9. The lowest BCUT2D eigenvalue weighted by Crippen LogP contribution is -2.49. The second kappa shape index (κ2) is 5.49. The predicted molar refractivity (Wildman–Crippen MR) is 81.5 cm³/mol. The molecule has 1 aliphatic heterocycles. The van der Waals surface area contributed by atoms with Crippen LogP contribution in [0.2, 0.25) is 0 Å². The number of sulfone groups is 1. The van der Waals surface area contributed by atoms with Gasteiger partial charge in [-0.2, -0.15) is 0 Å². The second-order valence-corrected chi connectivity index (χ2v) is 7.57. The van der Waals surface area contributed by atoms with Crippen LogP contribution in [0.15, 0.2) is 24.3 Å². The van der Waals surface area contributed by atoms with Crippen molar-refractivity contribution in [2.45, 2.75) is 13.0 Å². The third-order valence-corrected chi connectivity index (χ3v) is 5.38. The molecule has 1 aliphatic rings. The van der Waals surface area contributed by atoms with E-state index in [0.717, 1.165) is 0 Å². The molecule has 108 valence electrons. The zero-order valence-electron chi connectivity index (χ0n) is 11.1. The molecule has 1 amide bonds. The average Bonchev–Trinajstić information content (AvgIpc) is 2.37. The summed E-state index contributed by atoms with van der Waals surface area (Å²) in [6, 6.07) is 6.40. The average molecular weight is 312 g/mol. The van der Waals surface area contributed by atoms with Crippen LogP contribution in [0, 0.1) is 0 Å². The molecule has 1 aromatic rings. The maximum Gasteiger partial charge on any atom is 0.254 e. The molecule has 0 aliphatic carbocycles. The lowest BCUT2D eigenvalue weighted by atomic mass is 10.1. The Morgan fingerprint density at radius 2 is 1.85 bits per heavy atom. The summed E-state index contributed by atoms with van der Waals surface area (Å²) in [5.41, 5.74) is 6.71. The van der Waals surface area contributed by atoms with Crippen LogP contribution in [0.4, 0.5) is 0 Å². The van der Waals surface area contributed by atoms with E-state index in [1.54, 1.807) is 36.1 Å². The van der Waals surface area contributed by atoms with Crippen LogP contribution in [-0.4, -0.2) is 48.3 Å². The second-order valence-electron chi connectivity index (χ2n) is 4.90. The van der Waals surface area contributed by atoms with Crippen molar-refractivity contribution < 1.29 is 13.2 Å². The van der Waals surface area contributed by atoms with Gasteiger partial charge in [0.2, 0.25) is 0 Å². The highest BCUT2D eigenvalue weighted by Gasteiger charge is 2.31. The topological polar surface area (TPSA) is 80.5 Å². The van der Waals surface area contributed by atoms with E-state index in [1.807, 2.05) is 0 Å². The molecule has 0 spiro atoms. The Morgan fingerprint density at radius 3 is 2.35 bits per heavy atom. The summed E-state index contributed by atoms with van der Waals surface area (Å²) in [6.45, 7) is 1.98. The van der Waals surface area contributed by atoms with Gasteiger partial charge in [-0.25, -0.2) is 8.42 Å². The minimum absolute atomic E-state index is 0.0176. The lowest BCUT2D eigenvalue weighted by Gasteiger charge is -2.33. The molecule has 0 radical (unpaired) electrons. The number of nitrogens with two attached hydrogens (primary N) is 1. The normalized spacial score (nSPS) is 21.4. The number of rotatable bonds is 2. The van der Waals surface area contributed by atoms with Crippen molar-refractivity contribution in [3.63, 3.8) is 0 Å². The molecule has 20 heavy (non-hydrogen) atoms. The summed E-state index contributed by atoms with van der Waals surface area (Å²) in [6.07, 6.45) is 0. The van der Waals surface area contributed by atoms with E-state index >= 15 is 0 Å². The lowest BCUT2D eigenvalue weighted by molar-refractivity contribution is 0.0712. The van der Waals surface area contributed by atoms with Crippen molar-refractivity contribution in [2.24, 2.45) is 5.73 Å². The van der Waals surface area contributed by atoms with Crippen LogP contribution in [0.5, 0.6) is 0 Å². The molecule has 1 fully saturated rings. The van der Waals surface area contributed by atoms with Crippen LogP contribution in [0.3, 0.4) is 0 Å². The molecule has 0 bridgehead atoms. The molecule has 2 N–H and O–H groups in total. The third-order valence-electron chi connectivity index (χ3n) is 3.35. The van der Waals surface area contributed by atoms with E-state index < -0.39 is 9.84 Å². The maximum absolute atomic E-state index is 12.4. The van der Waals surface area contributed by atoms with Gasteiger partial charge >= 0.3 is 0 Å². The fourth-order valence-electron chi connectivity index (χ4n) is 2.24. The Hall–Kier alpha value is -1.47. The summed E-state index contributed by atoms with van der Waals surface area (Å²) in [5, 5.41) is 0. The Balaban J connectivity index is 2.17. The van der Waals surface area contributed by atoms with E-state index in [1.165, 1.54) is 0 Å². The monoisotopic (exact) mass is 312 g/mol. The Morgan fingerprint density at radius 1 is 1.30 bits per heavy atom. The molecule has 1 aromatic carbocycles. The third kappa shape index (κ3) is 3.16. The number of hydrogen-bond acceptors (Lipinski definition) is 4. The van der Waals surface area contributed by atoms with Crippen molar-refractivity contribution >= 4 is 33.0 Å². The molecule has 7 heteroatoms. The highest BCUT2D eigenvalue weighted by atomic mass is 32.2. The fourth-order valence-corrected chi connectivity index (χ4v) is 3.94. The predicted octanol–water partition coefficient (Wildman–Crippen LogP) is 0.580. The first-order valence-corrected chi connectivity index (χ1v) is 8.44. The van der Waals surface area contributed by atoms with Gasteiger partial charge in [-0.3, -0.25) is 4.79 Å².